The van der Waals surface area contributed by atoms with Crippen molar-refractivity contribution in [1.82, 2.24) is 14.6 Å². The number of nitrogens with zero attached hydrogens (tertiary/aromatic N) is 5. The van der Waals surface area contributed by atoms with E-state index in [1.807, 2.05) is 32.0 Å². The van der Waals surface area contributed by atoms with Gasteiger partial charge in [0, 0.05) is 28.1 Å². The minimum absolute atomic E-state index is 0.00117. The average Bonchev–Trinajstić information content (AvgIpc) is 2.93. The van der Waals surface area contributed by atoms with E-state index in [1.54, 1.807) is 24.4 Å². The van der Waals surface area contributed by atoms with Crippen LogP contribution in [-0.4, -0.2) is 32.9 Å². The van der Waals surface area contributed by atoms with Crippen LogP contribution in [0.3, 0.4) is 0 Å². The van der Waals surface area contributed by atoms with Crippen LogP contribution in [0.25, 0.3) is 10.9 Å². The highest BCUT2D eigenvalue weighted by atomic mass is 79.9. The van der Waals surface area contributed by atoms with Gasteiger partial charge in [-0.3, -0.25) is 14.9 Å². The van der Waals surface area contributed by atoms with Crippen LogP contribution in [0.2, 0.25) is 0 Å². The summed E-state index contributed by atoms with van der Waals surface area (Å²) in [4.78, 5) is 32.6. The van der Waals surface area contributed by atoms with Crippen LogP contribution in [0.1, 0.15) is 43.1 Å². The van der Waals surface area contributed by atoms with E-state index in [-0.39, 0.29) is 23.0 Å². The largest absolute Gasteiger partial charge is 0.493 e. The Morgan fingerprint density at radius 3 is 2.69 bits per heavy atom. The molecule has 200 valence electrons. The molecule has 0 radical (unpaired) electrons. The summed E-state index contributed by atoms with van der Waals surface area (Å²) in [6, 6.07) is 11.7. The van der Waals surface area contributed by atoms with Gasteiger partial charge in [-0.2, -0.15) is 9.78 Å². The van der Waals surface area contributed by atoms with Crippen molar-refractivity contribution in [2.75, 3.05) is 7.11 Å². The molecule has 4 rings (SSSR count). The van der Waals surface area contributed by atoms with E-state index in [0.717, 1.165) is 22.7 Å². The molecule has 0 aliphatic rings. The van der Waals surface area contributed by atoms with E-state index in [2.05, 4.69) is 32.6 Å². The quantitative estimate of drug-likeness (QED) is 0.0906. The first kappa shape index (κ1) is 27.6. The van der Waals surface area contributed by atoms with E-state index in [4.69, 9.17) is 14.5 Å². The third kappa shape index (κ3) is 6.04. The molecule has 2 heterocycles. The molecule has 0 saturated carbocycles. The zero-order valence-electron chi connectivity index (χ0n) is 21.6. The second-order valence-electron chi connectivity index (χ2n) is 8.72. The lowest BCUT2D eigenvalue weighted by Crippen LogP contribution is -2.23. The zero-order valence-corrected chi connectivity index (χ0v) is 23.2. The molecule has 2 aromatic heterocycles. The number of aromatic nitrogens is 3. The van der Waals surface area contributed by atoms with Crippen molar-refractivity contribution >= 4 is 38.7 Å². The van der Waals surface area contributed by atoms with Crippen LogP contribution >= 0.6 is 15.9 Å². The van der Waals surface area contributed by atoms with Gasteiger partial charge in [0.05, 0.1) is 29.2 Å². The molecule has 1 atom stereocenters. The van der Waals surface area contributed by atoms with Gasteiger partial charge in [-0.15, -0.1) is 6.58 Å². The molecule has 0 fully saturated rings. The molecule has 4 aromatic rings. The predicted octanol–water partition coefficient (Wildman–Crippen LogP) is 6.39. The van der Waals surface area contributed by atoms with Crippen LogP contribution < -0.4 is 15.0 Å². The molecular formula is C28H26BrN5O5. The second kappa shape index (κ2) is 12.0. The molecule has 10 nitrogen and oxygen atoms in total. The minimum atomic E-state index is -0.531. The minimum Gasteiger partial charge on any atom is -0.493 e. The topological polar surface area (TPSA) is 122 Å². The maximum Gasteiger partial charge on any atom is 0.287 e. The summed E-state index contributed by atoms with van der Waals surface area (Å²) < 4.78 is 13.7. The van der Waals surface area contributed by atoms with Crippen molar-refractivity contribution in [3.05, 3.63) is 103 Å². The van der Waals surface area contributed by atoms with Gasteiger partial charge in [0.2, 0.25) is 5.88 Å². The molecule has 11 heteroatoms. The number of nitro groups is 1. The van der Waals surface area contributed by atoms with Gasteiger partial charge >= 0.3 is 0 Å². The van der Waals surface area contributed by atoms with Crippen molar-refractivity contribution in [3.63, 3.8) is 0 Å². The average molecular weight is 592 g/mol. The molecule has 0 aliphatic heterocycles. The lowest BCUT2D eigenvalue weighted by atomic mass is 10.1. The second-order valence-corrected chi connectivity index (χ2v) is 9.64. The Kier molecular flexibility index (Phi) is 8.50. The number of ether oxygens (including phenoxy) is 2. The van der Waals surface area contributed by atoms with Gasteiger partial charge in [-0.05, 0) is 48.7 Å². The Balaban J connectivity index is 1.78. The van der Waals surface area contributed by atoms with Crippen LogP contribution in [-0.2, 0) is 6.42 Å². The summed E-state index contributed by atoms with van der Waals surface area (Å²) in [7, 11) is 1.50. The summed E-state index contributed by atoms with van der Waals surface area (Å²) in [5.74, 6) is 1.52. The number of allylic oxidation sites excluding steroid dienone is 1. The number of pyridine rings is 1. The molecule has 2 aromatic carbocycles. The van der Waals surface area contributed by atoms with E-state index < -0.39 is 4.92 Å². The van der Waals surface area contributed by atoms with E-state index in [9.17, 15) is 14.9 Å². The fourth-order valence-corrected chi connectivity index (χ4v) is 4.24. The fraction of sp³-hybridized carbons (Fsp3) is 0.214. The van der Waals surface area contributed by atoms with E-state index >= 15 is 0 Å². The number of hydrogen-bond donors (Lipinski definition) is 0. The maximum absolute atomic E-state index is 13.4. The van der Waals surface area contributed by atoms with Gasteiger partial charge in [0.25, 0.3) is 11.2 Å². The smallest absolute Gasteiger partial charge is 0.287 e. The normalized spacial score (nSPS) is 12.0. The van der Waals surface area contributed by atoms with E-state index in [1.165, 1.54) is 23.9 Å². The number of benzene rings is 2. The first-order valence-corrected chi connectivity index (χ1v) is 12.9. The number of hydrogen-bond acceptors (Lipinski definition) is 8. The fourth-order valence-electron chi connectivity index (χ4n) is 3.88. The van der Waals surface area contributed by atoms with Crippen LogP contribution in [0.4, 0.5) is 5.69 Å². The lowest BCUT2D eigenvalue weighted by Gasteiger charge is -2.15. The Morgan fingerprint density at radius 2 is 2.05 bits per heavy atom. The number of methoxy groups -OCH3 is 1. The third-order valence-electron chi connectivity index (χ3n) is 6.09. The van der Waals surface area contributed by atoms with Crippen LogP contribution in [0.5, 0.6) is 17.4 Å². The highest BCUT2D eigenvalue weighted by Gasteiger charge is 2.17. The maximum atomic E-state index is 13.4. The first-order chi connectivity index (χ1) is 18.7. The van der Waals surface area contributed by atoms with Crippen molar-refractivity contribution in [1.29, 1.82) is 0 Å². The monoisotopic (exact) mass is 591 g/mol. The number of halogens is 1. The summed E-state index contributed by atoms with van der Waals surface area (Å²) in [6.45, 7) is 7.86. The molecule has 0 unspecified atom stereocenters. The Labute approximate surface area is 232 Å². The van der Waals surface area contributed by atoms with Gasteiger partial charge < -0.3 is 9.47 Å². The highest BCUT2D eigenvalue weighted by Crippen LogP contribution is 2.36. The van der Waals surface area contributed by atoms with Crippen LogP contribution in [0.15, 0.2) is 75.7 Å². The molecule has 39 heavy (non-hydrogen) atoms. The highest BCUT2D eigenvalue weighted by molar-refractivity contribution is 9.10. The standard InChI is InChI=1S/C28H26BrN5O5/c1-5-7-19-12-18(13-24(38-4)26(19)39-25-11-9-21(16-30-25)34(36)37)15-31-33-27(17(3)6-2)32-23-10-8-20(29)14-22(23)28(33)35/h5,8-17H,1,6-7H2,2-4H3/t17-/m1/s1. The molecule has 0 bridgehead atoms. The van der Waals surface area contributed by atoms with Crippen molar-refractivity contribution < 1.29 is 14.4 Å². The number of rotatable bonds is 10. The Hall–Kier alpha value is -4.38. The molecule has 0 spiro atoms. The summed E-state index contributed by atoms with van der Waals surface area (Å²) in [6.07, 6.45) is 5.62. The van der Waals surface area contributed by atoms with Gasteiger partial charge in [0.15, 0.2) is 11.5 Å². The number of fused-ring (bicyclic) bond motifs is 1. The SMILES string of the molecule is C=CCc1cc(C=Nn2c([C@H](C)CC)nc3ccc(Br)cc3c2=O)cc(OC)c1Oc1ccc([N+](=O)[O-])cn1. The van der Waals surface area contributed by atoms with Crippen molar-refractivity contribution in [2.45, 2.75) is 32.6 Å². The van der Waals surface area contributed by atoms with Gasteiger partial charge in [-0.25, -0.2) is 9.97 Å². The molecule has 0 N–H and O–H groups in total. The summed E-state index contributed by atoms with van der Waals surface area (Å²) >= 11 is 3.42. The Bertz CT molecular complexity index is 1630. The molecule has 0 aliphatic carbocycles. The molecule has 0 saturated heterocycles. The Morgan fingerprint density at radius 1 is 1.26 bits per heavy atom. The first-order valence-electron chi connectivity index (χ1n) is 12.1. The van der Waals surface area contributed by atoms with Crippen molar-refractivity contribution in [2.24, 2.45) is 5.10 Å². The van der Waals surface area contributed by atoms with Gasteiger partial charge in [0.1, 0.15) is 12.0 Å². The molecule has 0 amide bonds. The van der Waals surface area contributed by atoms with E-state index in [0.29, 0.717) is 40.2 Å². The summed E-state index contributed by atoms with van der Waals surface area (Å²) in [5, 5.41) is 15.9. The van der Waals surface area contributed by atoms with Gasteiger partial charge in [-0.1, -0.05) is 35.9 Å². The third-order valence-corrected chi connectivity index (χ3v) is 6.58. The predicted molar refractivity (Wildman–Crippen MR) is 153 cm³/mol. The summed E-state index contributed by atoms with van der Waals surface area (Å²) in [5.41, 5.74) is 1.58. The van der Waals surface area contributed by atoms with Crippen molar-refractivity contribution in [3.8, 4) is 17.4 Å². The zero-order chi connectivity index (χ0) is 28.1. The van der Waals surface area contributed by atoms with Crippen LogP contribution in [0, 0.1) is 10.1 Å². The lowest BCUT2D eigenvalue weighted by molar-refractivity contribution is -0.385. The molecular weight excluding hydrogens is 566 g/mol.